The van der Waals surface area contributed by atoms with Crippen molar-refractivity contribution in [2.45, 2.75) is 55.9 Å². The summed E-state index contributed by atoms with van der Waals surface area (Å²) in [5.74, 6) is 1.61. The van der Waals surface area contributed by atoms with Crippen LogP contribution in [0.3, 0.4) is 0 Å². The van der Waals surface area contributed by atoms with Crippen LogP contribution in [0.5, 0.6) is 5.75 Å². The van der Waals surface area contributed by atoms with Gasteiger partial charge in [0.25, 0.3) is 0 Å². The highest BCUT2D eigenvalue weighted by Crippen LogP contribution is 2.47. The van der Waals surface area contributed by atoms with Gasteiger partial charge in [0.15, 0.2) is 0 Å². The Hall–Kier alpha value is -2.63. The third kappa shape index (κ3) is 4.39. The molecule has 0 radical (unpaired) electrons. The molecule has 3 atom stereocenters. The van der Waals surface area contributed by atoms with Gasteiger partial charge in [-0.3, -0.25) is 0 Å². The van der Waals surface area contributed by atoms with Crippen LogP contribution in [0.2, 0.25) is 0 Å². The molecule has 178 valence electrons. The first-order valence-corrected chi connectivity index (χ1v) is 13.7. The zero-order valence-corrected chi connectivity index (χ0v) is 20.8. The number of methoxy groups -OCH3 is 1. The number of benzene rings is 3. The van der Waals surface area contributed by atoms with E-state index in [1.165, 1.54) is 16.7 Å². The SMILES string of the molecule is COc1ccc2c(c1)CC[C@H]1[C@H]2CCN(S(=O)(=O)c2ccc(C)cc2)[C@H]1CCc1ccccc1. The van der Waals surface area contributed by atoms with E-state index in [4.69, 9.17) is 4.74 Å². The Morgan fingerprint density at radius 2 is 1.74 bits per heavy atom. The molecule has 1 saturated heterocycles. The molecule has 3 aromatic carbocycles. The summed E-state index contributed by atoms with van der Waals surface area (Å²) in [6, 6.07) is 24.1. The number of nitrogens with zero attached hydrogens (tertiary/aromatic N) is 1. The molecule has 0 aromatic heterocycles. The molecule has 1 heterocycles. The molecule has 1 fully saturated rings. The summed E-state index contributed by atoms with van der Waals surface area (Å²) in [7, 11) is -1.85. The summed E-state index contributed by atoms with van der Waals surface area (Å²) in [6.07, 6.45) is 4.54. The maximum absolute atomic E-state index is 13.8. The number of fused-ring (bicyclic) bond motifs is 3. The minimum Gasteiger partial charge on any atom is -0.497 e. The second-order valence-electron chi connectivity index (χ2n) is 9.68. The van der Waals surface area contributed by atoms with Gasteiger partial charge in [-0.2, -0.15) is 4.31 Å². The van der Waals surface area contributed by atoms with Gasteiger partial charge in [-0.05, 0) is 91.8 Å². The van der Waals surface area contributed by atoms with Gasteiger partial charge in [0.05, 0.1) is 12.0 Å². The molecular weight excluding hydrogens is 442 g/mol. The average molecular weight is 476 g/mol. The molecule has 4 nitrogen and oxygen atoms in total. The van der Waals surface area contributed by atoms with Gasteiger partial charge in [-0.15, -0.1) is 0 Å². The first kappa shape index (κ1) is 23.1. The zero-order chi connectivity index (χ0) is 23.7. The number of aryl methyl sites for hydroxylation is 3. The van der Waals surface area contributed by atoms with E-state index in [1.54, 1.807) is 19.2 Å². The highest BCUT2D eigenvalue weighted by atomic mass is 32.2. The van der Waals surface area contributed by atoms with E-state index in [0.717, 1.165) is 43.4 Å². The number of ether oxygens (including phenoxy) is 1. The molecule has 1 aliphatic carbocycles. The third-order valence-corrected chi connectivity index (χ3v) is 9.68. The van der Waals surface area contributed by atoms with Crippen molar-refractivity contribution in [2.24, 2.45) is 5.92 Å². The molecule has 1 aliphatic heterocycles. The predicted octanol–water partition coefficient (Wildman–Crippen LogP) is 5.75. The normalized spacial score (nSPS) is 22.6. The van der Waals surface area contributed by atoms with Crippen molar-refractivity contribution >= 4 is 10.0 Å². The van der Waals surface area contributed by atoms with Gasteiger partial charge in [0, 0.05) is 12.6 Å². The number of piperidine rings is 1. The van der Waals surface area contributed by atoms with Crippen LogP contribution in [0, 0.1) is 12.8 Å². The van der Waals surface area contributed by atoms with Gasteiger partial charge in [-0.25, -0.2) is 8.42 Å². The lowest BCUT2D eigenvalue weighted by Crippen LogP contribution is -2.52. The van der Waals surface area contributed by atoms with Crippen LogP contribution in [0.4, 0.5) is 0 Å². The van der Waals surface area contributed by atoms with Crippen LogP contribution in [-0.4, -0.2) is 32.4 Å². The molecule has 0 bridgehead atoms. The molecule has 0 saturated carbocycles. The summed E-state index contributed by atoms with van der Waals surface area (Å²) in [5.41, 5.74) is 5.07. The molecule has 0 amide bonds. The topological polar surface area (TPSA) is 46.6 Å². The molecule has 0 unspecified atom stereocenters. The first-order valence-electron chi connectivity index (χ1n) is 12.3. The maximum Gasteiger partial charge on any atom is 0.243 e. The van der Waals surface area contributed by atoms with Gasteiger partial charge < -0.3 is 4.74 Å². The van der Waals surface area contributed by atoms with Crippen molar-refractivity contribution < 1.29 is 13.2 Å². The Labute approximate surface area is 203 Å². The highest BCUT2D eigenvalue weighted by Gasteiger charge is 2.45. The fourth-order valence-electron chi connectivity index (χ4n) is 5.98. The lowest BCUT2D eigenvalue weighted by Gasteiger charge is -2.47. The van der Waals surface area contributed by atoms with Crippen molar-refractivity contribution in [1.82, 2.24) is 4.31 Å². The number of hydrogen-bond donors (Lipinski definition) is 0. The van der Waals surface area contributed by atoms with E-state index in [9.17, 15) is 8.42 Å². The molecule has 2 aliphatic rings. The van der Waals surface area contributed by atoms with Crippen LogP contribution in [0.1, 0.15) is 47.4 Å². The largest absolute Gasteiger partial charge is 0.497 e. The van der Waals surface area contributed by atoms with E-state index >= 15 is 0 Å². The van der Waals surface area contributed by atoms with Gasteiger partial charge in [-0.1, -0.05) is 54.1 Å². The number of sulfonamides is 1. The van der Waals surface area contributed by atoms with E-state index < -0.39 is 10.0 Å². The monoisotopic (exact) mass is 475 g/mol. The van der Waals surface area contributed by atoms with Crippen LogP contribution in [0.25, 0.3) is 0 Å². The Bertz CT molecular complexity index is 1240. The fraction of sp³-hybridized carbons (Fsp3) is 0.379. The van der Waals surface area contributed by atoms with Crippen molar-refractivity contribution in [2.75, 3.05) is 13.7 Å². The van der Waals surface area contributed by atoms with E-state index in [0.29, 0.717) is 23.3 Å². The Balaban J connectivity index is 1.49. The summed E-state index contributed by atoms with van der Waals surface area (Å²) in [5, 5.41) is 0. The number of hydrogen-bond acceptors (Lipinski definition) is 3. The van der Waals surface area contributed by atoms with Crippen molar-refractivity contribution in [3.63, 3.8) is 0 Å². The van der Waals surface area contributed by atoms with Crippen LogP contribution in [-0.2, 0) is 22.9 Å². The van der Waals surface area contributed by atoms with Gasteiger partial charge in [0.1, 0.15) is 5.75 Å². The quantitative estimate of drug-likeness (QED) is 0.456. The summed E-state index contributed by atoms with van der Waals surface area (Å²) in [6.45, 7) is 2.54. The maximum atomic E-state index is 13.8. The molecule has 3 aromatic rings. The second-order valence-corrected chi connectivity index (χ2v) is 11.6. The Kier molecular flexibility index (Phi) is 6.50. The second kappa shape index (κ2) is 9.55. The van der Waals surface area contributed by atoms with Crippen molar-refractivity contribution in [3.05, 3.63) is 95.1 Å². The smallest absolute Gasteiger partial charge is 0.243 e. The molecule has 0 spiro atoms. The van der Waals surface area contributed by atoms with Gasteiger partial charge in [0.2, 0.25) is 10.0 Å². The van der Waals surface area contributed by atoms with Crippen LogP contribution >= 0.6 is 0 Å². The molecule has 0 N–H and O–H groups in total. The predicted molar refractivity (Wildman–Crippen MR) is 136 cm³/mol. The molecule has 34 heavy (non-hydrogen) atoms. The first-order chi connectivity index (χ1) is 16.5. The van der Waals surface area contributed by atoms with E-state index in [1.807, 2.05) is 29.4 Å². The minimum atomic E-state index is -3.56. The lowest BCUT2D eigenvalue weighted by atomic mass is 9.68. The summed E-state index contributed by atoms with van der Waals surface area (Å²) < 4.78 is 35.0. The van der Waals surface area contributed by atoms with E-state index in [2.05, 4.69) is 42.5 Å². The number of rotatable bonds is 6. The Morgan fingerprint density at radius 3 is 2.47 bits per heavy atom. The molecule has 5 rings (SSSR count). The van der Waals surface area contributed by atoms with Crippen molar-refractivity contribution in [1.29, 1.82) is 0 Å². The average Bonchev–Trinajstić information content (AvgIpc) is 2.87. The fourth-order valence-corrected chi connectivity index (χ4v) is 7.69. The minimum absolute atomic E-state index is 0.0134. The summed E-state index contributed by atoms with van der Waals surface area (Å²) in [4.78, 5) is 0.405. The highest BCUT2D eigenvalue weighted by molar-refractivity contribution is 7.89. The van der Waals surface area contributed by atoms with Gasteiger partial charge >= 0.3 is 0 Å². The lowest BCUT2D eigenvalue weighted by molar-refractivity contribution is 0.127. The third-order valence-electron chi connectivity index (χ3n) is 7.74. The zero-order valence-electron chi connectivity index (χ0n) is 20.0. The Morgan fingerprint density at radius 1 is 0.971 bits per heavy atom. The van der Waals surface area contributed by atoms with Crippen molar-refractivity contribution in [3.8, 4) is 5.75 Å². The standard InChI is InChI=1S/C29H33NO3S/c1-21-8-13-25(14-9-21)34(31,32)30-19-18-27-26-16-12-24(33-2)20-23(26)11-15-28(27)29(30)17-10-22-6-4-3-5-7-22/h3-9,12-14,16,20,27-29H,10-11,15,17-19H2,1-2H3/t27-,28-,29-/m0/s1. The molecule has 5 heteroatoms. The molecular formula is C29H33NO3S. The van der Waals surface area contributed by atoms with E-state index in [-0.39, 0.29) is 6.04 Å². The van der Waals surface area contributed by atoms with Crippen LogP contribution in [0.15, 0.2) is 77.7 Å². The summed E-state index contributed by atoms with van der Waals surface area (Å²) >= 11 is 0. The van der Waals surface area contributed by atoms with Crippen LogP contribution < -0.4 is 4.74 Å².